The third-order valence-corrected chi connectivity index (χ3v) is 13.8. The number of rotatable bonds is 31. The first-order chi connectivity index (χ1) is 25.8. The van der Waals surface area contributed by atoms with Crippen LogP contribution in [0.3, 0.4) is 0 Å². The number of unbranched alkanes of at least 4 members (excludes halogenated alkanes) is 26. The van der Waals surface area contributed by atoms with Crippen LogP contribution in [0.15, 0.2) is 0 Å². The summed E-state index contributed by atoms with van der Waals surface area (Å²) in [6.07, 6.45) is 37.2. The van der Waals surface area contributed by atoms with Crippen LogP contribution in [0.5, 0.6) is 0 Å². The zero-order valence-electron chi connectivity index (χ0n) is 34.3. The highest BCUT2D eigenvalue weighted by Gasteiger charge is 2.96. The molecule has 8 nitrogen and oxygen atoms in total. The summed E-state index contributed by atoms with van der Waals surface area (Å²) < 4.78 is 31.1. The van der Waals surface area contributed by atoms with Crippen LogP contribution in [0.25, 0.3) is 0 Å². The van der Waals surface area contributed by atoms with Gasteiger partial charge in [-0.1, -0.05) is 187 Å². The highest BCUT2D eigenvalue weighted by atomic mass is 16.8. The molecule has 0 unspecified atom stereocenters. The minimum atomic E-state index is -1.94. The first-order valence-electron chi connectivity index (χ1n) is 22.9. The summed E-state index contributed by atoms with van der Waals surface area (Å²) in [6.45, 7) is 4.54. The number of fused-ring (bicyclic) bond motifs is 4. The van der Waals surface area contributed by atoms with Gasteiger partial charge in [-0.25, -0.2) is 4.79 Å². The zero-order valence-corrected chi connectivity index (χ0v) is 34.3. The van der Waals surface area contributed by atoms with Crippen molar-refractivity contribution in [2.75, 3.05) is 7.11 Å². The quantitative estimate of drug-likeness (QED) is 0.0425. The number of esters is 2. The van der Waals surface area contributed by atoms with Gasteiger partial charge in [0.1, 0.15) is 17.3 Å². The predicted octanol–water partition coefficient (Wildman–Crippen LogP) is 11.3. The molecule has 5 fully saturated rings. The molecule has 4 saturated heterocycles. The Morgan fingerprint density at radius 3 is 1.51 bits per heavy atom. The molecule has 1 saturated carbocycles. The van der Waals surface area contributed by atoms with E-state index in [4.69, 9.17) is 23.7 Å². The third-order valence-electron chi connectivity index (χ3n) is 13.8. The SMILES string of the molecule is CCCCCCCCCCCCCCCC[C@@]12C[C@H]3OC(=O)C[C@]3(O1)[C@H]1C[C@]3(CCCCCCCCCCCCCCCC)O[C@]3(C(=O)OC)[C@@]1(O)O2. The van der Waals surface area contributed by atoms with Crippen molar-refractivity contribution in [1.82, 2.24) is 0 Å². The summed E-state index contributed by atoms with van der Waals surface area (Å²) in [5.74, 6) is -4.56. The predicted molar refractivity (Wildman–Crippen MR) is 208 cm³/mol. The summed E-state index contributed by atoms with van der Waals surface area (Å²) in [4.78, 5) is 26.4. The van der Waals surface area contributed by atoms with Crippen LogP contribution in [-0.2, 0) is 33.3 Å². The molecule has 5 aliphatic rings. The van der Waals surface area contributed by atoms with Crippen LogP contribution >= 0.6 is 0 Å². The molecule has 0 aromatic carbocycles. The Labute approximate surface area is 322 Å². The molecule has 4 heterocycles. The monoisotopic (exact) mass is 747 g/mol. The lowest BCUT2D eigenvalue weighted by molar-refractivity contribution is -0.435. The largest absolute Gasteiger partial charge is 0.467 e. The summed E-state index contributed by atoms with van der Waals surface area (Å²) in [5.41, 5.74) is -3.50. The lowest BCUT2D eigenvalue weighted by atomic mass is 9.76. The average Bonchev–Trinajstić information content (AvgIpc) is 3.52. The topological polar surface area (TPSA) is 104 Å². The molecule has 0 radical (unpaired) electrons. The third kappa shape index (κ3) is 9.67. The first kappa shape index (κ1) is 42.9. The molecule has 0 aromatic rings. The highest BCUT2D eigenvalue weighted by molar-refractivity contribution is 5.88. The number of hydrogen-bond donors (Lipinski definition) is 1. The Morgan fingerprint density at radius 2 is 1.06 bits per heavy atom. The lowest BCUT2D eigenvalue weighted by Crippen LogP contribution is -2.68. The molecule has 306 valence electrons. The minimum absolute atomic E-state index is 0.0701. The van der Waals surface area contributed by atoms with E-state index in [-0.39, 0.29) is 12.4 Å². The molecule has 1 spiro atoms. The van der Waals surface area contributed by atoms with Crippen LogP contribution in [0, 0.1) is 5.92 Å². The van der Waals surface area contributed by atoms with Crippen molar-refractivity contribution in [2.45, 2.75) is 260 Å². The number of carbonyl (C=O) groups excluding carboxylic acids is 2. The van der Waals surface area contributed by atoms with Gasteiger partial charge in [0.05, 0.1) is 19.4 Å². The summed E-state index contributed by atoms with van der Waals surface area (Å²) in [7, 11) is 1.36. The molecule has 0 amide bonds. The van der Waals surface area contributed by atoms with Gasteiger partial charge in [0.25, 0.3) is 0 Å². The highest BCUT2D eigenvalue weighted by Crippen LogP contribution is 2.76. The standard InChI is InChI=1S/C45H78O8/c1-4-6-8-10-12-14-16-18-20-22-24-26-28-30-32-41-34-37-43-36-39(46)50-38(43)35-42(52-43,53-45(37,48)44(41,51-41)40(47)49-3)33-31-29-27-25-23-21-19-17-15-13-11-9-7-5-2/h37-38,48H,4-36H2,1-3H3/t37-,38-,41+,42-,43+,44+,45+/m1/s1. The fourth-order valence-electron chi connectivity index (χ4n) is 10.8. The van der Waals surface area contributed by atoms with Crippen LogP contribution < -0.4 is 0 Å². The molecule has 1 N–H and O–H groups in total. The molecule has 8 heteroatoms. The van der Waals surface area contributed by atoms with Gasteiger partial charge in [0, 0.05) is 12.8 Å². The number of carbonyl (C=O) groups is 2. The number of hydrogen-bond acceptors (Lipinski definition) is 8. The number of methoxy groups -OCH3 is 1. The Balaban J connectivity index is 1.06. The first-order valence-corrected chi connectivity index (χ1v) is 22.9. The minimum Gasteiger partial charge on any atom is -0.467 e. The van der Waals surface area contributed by atoms with E-state index in [1.54, 1.807) is 0 Å². The maximum Gasteiger partial charge on any atom is 0.347 e. The van der Waals surface area contributed by atoms with Crippen LogP contribution in [-0.4, -0.2) is 58.6 Å². The molecule has 4 aliphatic heterocycles. The molecular formula is C45H78O8. The Morgan fingerprint density at radius 1 is 0.623 bits per heavy atom. The van der Waals surface area contributed by atoms with Gasteiger partial charge in [-0.15, -0.1) is 0 Å². The molecule has 7 atom stereocenters. The van der Waals surface area contributed by atoms with E-state index in [1.165, 1.54) is 148 Å². The molecule has 53 heavy (non-hydrogen) atoms. The molecule has 1 aliphatic carbocycles. The van der Waals surface area contributed by atoms with Crippen molar-refractivity contribution < 1.29 is 38.4 Å². The normalized spacial score (nSPS) is 33.5. The van der Waals surface area contributed by atoms with Crippen LogP contribution in [0.1, 0.15) is 226 Å². The average molecular weight is 747 g/mol. The maximum atomic E-state index is 13.7. The van der Waals surface area contributed by atoms with Crippen molar-refractivity contribution in [3.8, 4) is 0 Å². The maximum absolute atomic E-state index is 13.7. The summed E-state index contributed by atoms with van der Waals surface area (Å²) in [6, 6.07) is 0. The van der Waals surface area contributed by atoms with Gasteiger partial charge in [0.15, 0.2) is 5.79 Å². The lowest BCUT2D eigenvalue weighted by Gasteiger charge is -2.51. The number of aliphatic hydroxyl groups is 1. The Kier molecular flexibility index (Phi) is 16.4. The Hall–Kier alpha value is -1.22. The molecule has 0 aromatic heterocycles. The van der Waals surface area contributed by atoms with Gasteiger partial charge in [-0.05, 0) is 19.3 Å². The summed E-state index contributed by atoms with van der Waals surface area (Å²) >= 11 is 0. The van der Waals surface area contributed by atoms with E-state index in [2.05, 4.69) is 13.8 Å². The molecule has 2 bridgehead atoms. The summed E-state index contributed by atoms with van der Waals surface area (Å²) in [5, 5.41) is 12.6. The van der Waals surface area contributed by atoms with Crippen molar-refractivity contribution in [2.24, 2.45) is 5.92 Å². The van der Waals surface area contributed by atoms with Crippen molar-refractivity contribution >= 4 is 11.9 Å². The molecular weight excluding hydrogens is 668 g/mol. The van der Waals surface area contributed by atoms with Crippen LogP contribution in [0.2, 0.25) is 0 Å². The van der Waals surface area contributed by atoms with Gasteiger partial charge in [0.2, 0.25) is 11.4 Å². The Bertz CT molecular complexity index is 1130. The van der Waals surface area contributed by atoms with Gasteiger partial charge in [-0.3, -0.25) is 4.79 Å². The van der Waals surface area contributed by atoms with Crippen molar-refractivity contribution in [1.29, 1.82) is 0 Å². The second-order valence-electron chi connectivity index (χ2n) is 17.8. The number of epoxide rings is 1. The number of ether oxygens (including phenoxy) is 5. The van der Waals surface area contributed by atoms with Gasteiger partial charge in [-0.2, -0.15) is 0 Å². The van der Waals surface area contributed by atoms with E-state index in [0.29, 0.717) is 25.7 Å². The van der Waals surface area contributed by atoms with Crippen LogP contribution in [0.4, 0.5) is 0 Å². The fourth-order valence-corrected chi connectivity index (χ4v) is 10.8. The smallest absolute Gasteiger partial charge is 0.347 e. The van der Waals surface area contributed by atoms with E-state index in [0.717, 1.165) is 38.5 Å². The van der Waals surface area contributed by atoms with E-state index >= 15 is 0 Å². The van der Waals surface area contributed by atoms with Gasteiger partial charge < -0.3 is 28.8 Å². The van der Waals surface area contributed by atoms with Gasteiger partial charge >= 0.3 is 11.9 Å². The van der Waals surface area contributed by atoms with E-state index in [9.17, 15) is 14.7 Å². The zero-order chi connectivity index (χ0) is 37.7. The molecule has 5 rings (SSSR count). The second kappa shape index (κ2) is 20.3. The van der Waals surface area contributed by atoms with Crippen molar-refractivity contribution in [3.63, 3.8) is 0 Å². The van der Waals surface area contributed by atoms with E-state index < -0.39 is 46.4 Å². The van der Waals surface area contributed by atoms with E-state index in [1.807, 2.05) is 0 Å². The fraction of sp³-hybridized carbons (Fsp3) is 0.956. The second-order valence-corrected chi connectivity index (χ2v) is 17.8. The van der Waals surface area contributed by atoms with Crippen molar-refractivity contribution in [3.05, 3.63) is 0 Å².